The predicted octanol–water partition coefficient (Wildman–Crippen LogP) is 3.99. The highest BCUT2D eigenvalue weighted by Gasteiger charge is 2.21. The zero-order valence-corrected chi connectivity index (χ0v) is 16.1. The summed E-state index contributed by atoms with van der Waals surface area (Å²) in [7, 11) is 0. The molecule has 0 aromatic heterocycles. The molecule has 1 aliphatic heterocycles. The van der Waals surface area contributed by atoms with Gasteiger partial charge in [-0.2, -0.15) is 0 Å². The van der Waals surface area contributed by atoms with Crippen LogP contribution >= 0.6 is 12.2 Å². The highest BCUT2D eigenvalue weighted by molar-refractivity contribution is 7.80. The summed E-state index contributed by atoms with van der Waals surface area (Å²) in [6.07, 6.45) is 0. The molecule has 0 radical (unpaired) electrons. The highest BCUT2D eigenvalue weighted by Crippen LogP contribution is 2.23. The van der Waals surface area contributed by atoms with E-state index in [1.165, 1.54) is 19.1 Å². The minimum Gasteiger partial charge on any atom is -0.366 e. The van der Waals surface area contributed by atoms with Gasteiger partial charge in [-0.3, -0.25) is 4.79 Å². The Morgan fingerprint density at radius 3 is 2.33 bits per heavy atom. The molecule has 1 heterocycles. The Morgan fingerprint density at radius 1 is 1.04 bits per heavy atom. The second-order valence-electron chi connectivity index (χ2n) is 6.59. The van der Waals surface area contributed by atoms with Crippen LogP contribution in [0.25, 0.3) is 0 Å². The van der Waals surface area contributed by atoms with E-state index in [9.17, 15) is 13.6 Å². The van der Waals surface area contributed by atoms with Gasteiger partial charge < -0.3 is 15.1 Å². The van der Waals surface area contributed by atoms with Crippen LogP contribution in [0.3, 0.4) is 0 Å². The molecule has 0 spiro atoms. The van der Waals surface area contributed by atoms with E-state index in [1.54, 1.807) is 31.2 Å². The monoisotopic (exact) mass is 389 g/mol. The first kappa shape index (κ1) is 19.2. The van der Waals surface area contributed by atoms with Gasteiger partial charge in [-0.1, -0.05) is 6.07 Å². The number of halogens is 2. The van der Waals surface area contributed by atoms with E-state index in [1.807, 2.05) is 9.80 Å². The fourth-order valence-electron chi connectivity index (χ4n) is 3.01. The smallest absolute Gasteiger partial charge is 0.173 e. The number of ketones is 1. The van der Waals surface area contributed by atoms with Crippen LogP contribution in [0.1, 0.15) is 22.8 Å². The minimum absolute atomic E-state index is 0.158. The van der Waals surface area contributed by atoms with Gasteiger partial charge in [0.2, 0.25) is 0 Å². The zero-order valence-electron chi connectivity index (χ0n) is 15.3. The van der Waals surface area contributed by atoms with Crippen molar-refractivity contribution in [2.24, 2.45) is 0 Å². The summed E-state index contributed by atoms with van der Waals surface area (Å²) in [4.78, 5) is 15.3. The lowest BCUT2D eigenvalue weighted by Gasteiger charge is -2.37. The molecule has 2 aromatic carbocycles. The maximum absolute atomic E-state index is 14.3. The van der Waals surface area contributed by atoms with E-state index in [0.29, 0.717) is 53.8 Å². The number of carbonyl (C=O) groups excluding carboxylic acids is 1. The van der Waals surface area contributed by atoms with Gasteiger partial charge in [0.25, 0.3) is 0 Å². The van der Waals surface area contributed by atoms with Crippen molar-refractivity contribution in [3.8, 4) is 0 Å². The second kappa shape index (κ2) is 8.00. The number of hydrogen-bond donors (Lipinski definition) is 1. The number of aryl methyl sites for hydroxylation is 1. The summed E-state index contributed by atoms with van der Waals surface area (Å²) in [5.41, 5.74) is 2.04. The summed E-state index contributed by atoms with van der Waals surface area (Å²) in [5.74, 6) is -0.835. The number of anilines is 2. The maximum Gasteiger partial charge on any atom is 0.173 e. The molecule has 0 aliphatic carbocycles. The van der Waals surface area contributed by atoms with Gasteiger partial charge in [0, 0.05) is 37.4 Å². The van der Waals surface area contributed by atoms with Crippen LogP contribution in [0.2, 0.25) is 0 Å². The zero-order chi connectivity index (χ0) is 19.6. The topological polar surface area (TPSA) is 35.6 Å². The SMILES string of the molecule is CC(=O)c1ccc(N2CCN(C(=S)Nc3ccc(C)c(F)c3)CC2)c(F)c1. The molecule has 0 saturated carbocycles. The molecule has 1 aliphatic rings. The summed E-state index contributed by atoms with van der Waals surface area (Å²) >= 11 is 5.42. The lowest BCUT2D eigenvalue weighted by molar-refractivity contribution is 0.101. The average Bonchev–Trinajstić information content (AvgIpc) is 2.64. The van der Waals surface area contributed by atoms with Gasteiger partial charge in [-0.15, -0.1) is 0 Å². The van der Waals surface area contributed by atoms with Crippen LogP contribution in [-0.4, -0.2) is 42.0 Å². The van der Waals surface area contributed by atoms with Crippen LogP contribution in [0.15, 0.2) is 36.4 Å². The normalized spacial score (nSPS) is 14.2. The number of carbonyl (C=O) groups is 1. The Kier molecular flexibility index (Phi) is 5.70. The van der Waals surface area contributed by atoms with E-state index in [0.717, 1.165) is 0 Å². The lowest BCUT2D eigenvalue weighted by Crippen LogP contribution is -2.50. The minimum atomic E-state index is -0.396. The maximum atomic E-state index is 14.3. The summed E-state index contributed by atoms with van der Waals surface area (Å²) in [5, 5.41) is 3.57. The van der Waals surface area contributed by atoms with Crippen molar-refractivity contribution in [1.29, 1.82) is 0 Å². The van der Waals surface area contributed by atoms with Crippen molar-refractivity contribution in [2.45, 2.75) is 13.8 Å². The van der Waals surface area contributed by atoms with Gasteiger partial charge in [0.1, 0.15) is 11.6 Å². The van der Waals surface area contributed by atoms with Crippen LogP contribution < -0.4 is 10.2 Å². The van der Waals surface area contributed by atoms with Crippen molar-refractivity contribution in [3.05, 3.63) is 59.2 Å². The third-order valence-corrected chi connectivity index (χ3v) is 5.05. The first-order valence-electron chi connectivity index (χ1n) is 8.72. The first-order valence-corrected chi connectivity index (χ1v) is 9.13. The molecule has 1 N–H and O–H groups in total. The molecule has 27 heavy (non-hydrogen) atoms. The Balaban J connectivity index is 1.60. The van der Waals surface area contributed by atoms with E-state index in [4.69, 9.17) is 12.2 Å². The Bertz CT molecular complexity index is 880. The third-order valence-electron chi connectivity index (χ3n) is 4.68. The van der Waals surface area contributed by atoms with Crippen molar-refractivity contribution in [2.75, 3.05) is 36.4 Å². The largest absolute Gasteiger partial charge is 0.366 e. The summed E-state index contributed by atoms with van der Waals surface area (Å²) in [6.45, 7) is 5.56. The first-order chi connectivity index (χ1) is 12.8. The molecule has 7 heteroatoms. The summed E-state index contributed by atoms with van der Waals surface area (Å²) in [6, 6.07) is 9.48. The van der Waals surface area contributed by atoms with E-state index < -0.39 is 5.82 Å². The van der Waals surface area contributed by atoms with Gasteiger partial charge >= 0.3 is 0 Å². The van der Waals surface area contributed by atoms with Crippen LogP contribution in [0.5, 0.6) is 0 Å². The quantitative estimate of drug-likeness (QED) is 0.634. The predicted molar refractivity (Wildman–Crippen MR) is 108 cm³/mol. The molecule has 0 bridgehead atoms. The number of Topliss-reactive ketones (excluding diaryl/α,β-unsaturated/α-hetero) is 1. The van der Waals surface area contributed by atoms with E-state index in [2.05, 4.69) is 5.32 Å². The molecule has 2 aromatic rings. The number of piperazine rings is 1. The fraction of sp³-hybridized carbons (Fsp3) is 0.300. The second-order valence-corrected chi connectivity index (χ2v) is 6.98. The fourth-order valence-corrected chi connectivity index (χ4v) is 3.31. The molecule has 0 atom stereocenters. The highest BCUT2D eigenvalue weighted by atomic mass is 32.1. The Hall–Kier alpha value is -2.54. The van der Waals surface area contributed by atoms with E-state index in [-0.39, 0.29) is 11.6 Å². The average molecular weight is 389 g/mol. The Morgan fingerprint density at radius 2 is 1.74 bits per heavy atom. The lowest BCUT2D eigenvalue weighted by atomic mass is 10.1. The van der Waals surface area contributed by atoms with Crippen molar-refractivity contribution < 1.29 is 13.6 Å². The molecule has 4 nitrogen and oxygen atoms in total. The van der Waals surface area contributed by atoms with Gasteiger partial charge in [0.05, 0.1) is 5.69 Å². The van der Waals surface area contributed by atoms with Crippen LogP contribution in [0.4, 0.5) is 20.2 Å². The molecule has 0 unspecified atom stereocenters. The number of benzene rings is 2. The molecule has 1 saturated heterocycles. The molecule has 0 amide bonds. The molecule has 1 fully saturated rings. The van der Waals surface area contributed by atoms with Crippen LogP contribution in [0, 0.1) is 18.6 Å². The molecule has 142 valence electrons. The van der Waals surface area contributed by atoms with Gasteiger partial charge in [-0.05, 0) is 62.0 Å². The van der Waals surface area contributed by atoms with Crippen molar-refractivity contribution in [3.63, 3.8) is 0 Å². The van der Waals surface area contributed by atoms with Crippen molar-refractivity contribution >= 4 is 34.5 Å². The molecule has 3 rings (SSSR count). The van der Waals surface area contributed by atoms with Gasteiger partial charge in [-0.25, -0.2) is 8.78 Å². The molecular weight excluding hydrogens is 368 g/mol. The Labute approximate surface area is 162 Å². The van der Waals surface area contributed by atoms with Gasteiger partial charge in [0.15, 0.2) is 10.9 Å². The molecular formula is C20H21F2N3OS. The number of nitrogens with one attached hydrogen (secondary N) is 1. The van der Waals surface area contributed by atoms with Crippen molar-refractivity contribution in [1.82, 2.24) is 4.90 Å². The number of hydrogen-bond acceptors (Lipinski definition) is 3. The number of thiocarbonyl (C=S) groups is 1. The summed E-state index contributed by atoms with van der Waals surface area (Å²) < 4.78 is 28.0. The number of nitrogens with zero attached hydrogens (tertiary/aromatic N) is 2. The third kappa shape index (κ3) is 4.42. The standard InChI is InChI=1S/C20H21F2N3OS/c1-13-3-5-16(12-17(13)21)23-20(27)25-9-7-24(8-10-25)19-6-4-15(14(2)26)11-18(19)22/h3-6,11-12H,7-10H2,1-2H3,(H,23,27). The number of rotatable bonds is 3. The van der Waals surface area contributed by atoms with Crippen LogP contribution in [-0.2, 0) is 0 Å². The van der Waals surface area contributed by atoms with E-state index >= 15 is 0 Å².